The monoisotopic (exact) mass is 369 g/mol. The Morgan fingerprint density at radius 1 is 1.37 bits per heavy atom. The lowest BCUT2D eigenvalue weighted by molar-refractivity contribution is -0.136. The average Bonchev–Trinajstić information content (AvgIpc) is 3.11. The fraction of sp³-hybridized carbons (Fsp3) is 0.455. The molecule has 0 radical (unpaired) electrons. The molecule has 2 unspecified atom stereocenters. The molecule has 0 bridgehead atoms. The van der Waals surface area contributed by atoms with Crippen LogP contribution in [0.4, 0.5) is 4.39 Å². The summed E-state index contributed by atoms with van der Waals surface area (Å²) in [5.41, 5.74) is 7.05. The fourth-order valence-corrected chi connectivity index (χ4v) is 3.86. The number of nitrogens with one attached hydrogen (secondary N) is 1. The SMILES string of the molecule is C/C=C(\C=C/CC)C1=NNC(N2CCC(c3cc(C)cc(F)c3)CC2=O)C1. The molecule has 0 spiro atoms. The van der Waals surface area contributed by atoms with Crippen LogP contribution in [0.5, 0.6) is 0 Å². The van der Waals surface area contributed by atoms with E-state index in [9.17, 15) is 9.18 Å². The topological polar surface area (TPSA) is 44.7 Å². The second-order valence-electron chi connectivity index (χ2n) is 7.30. The molecule has 2 aliphatic heterocycles. The maximum Gasteiger partial charge on any atom is 0.224 e. The van der Waals surface area contributed by atoms with Crippen molar-refractivity contribution in [3.8, 4) is 0 Å². The quantitative estimate of drug-likeness (QED) is 0.781. The Hall–Kier alpha value is -2.43. The van der Waals surface area contributed by atoms with Crippen LogP contribution in [-0.2, 0) is 4.79 Å². The Morgan fingerprint density at radius 2 is 2.19 bits per heavy atom. The third kappa shape index (κ3) is 4.46. The van der Waals surface area contributed by atoms with Crippen molar-refractivity contribution in [2.24, 2.45) is 5.10 Å². The molecule has 2 aliphatic rings. The summed E-state index contributed by atoms with van der Waals surface area (Å²) in [6.07, 6.45) is 9.11. The minimum atomic E-state index is -0.227. The van der Waals surface area contributed by atoms with E-state index >= 15 is 0 Å². The smallest absolute Gasteiger partial charge is 0.224 e. The summed E-state index contributed by atoms with van der Waals surface area (Å²) in [5, 5.41) is 4.45. The molecule has 2 heterocycles. The second-order valence-corrected chi connectivity index (χ2v) is 7.30. The number of carbonyl (C=O) groups excluding carboxylic acids is 1. The number of aryl methyl sites for hydroxylation is 1. The predicted octanol–water partition coefficient (Wildman–Crippen LogP) is 4.43. The molecule has 3 rings (SSSR count). The van der Waals surface area contributed by atoms with E-state index in [1.54, 1.807) is 6.07 Å². The normalized spacial score (nSPS) is 23.7. The number of amides is 1. The van der Waals surface area contributed by atoms with Gasteiger partial charge in [0.2, 0.25) is 5.91 Å². The Kier molecular flexibility index (Phi) is 6.09. The van der Waals surface area contributed by atoms with Crippen LogP contribution in [0.1, 0.15) is 56.6 Å². The minimum Gasteiger partial charge on any atom is -0.321 e. The first-order valence-corrected chi connectivity index (χ1v) is 9.73. The van der Waals surface area contributed by atoms with E-state index < -0.39 is 0 Å². The van der Waals surface area contributed by atoms with Crippen LogP contribution in [-0.4, -0.2) is 29.2 Å². The lowest BCUT2D eigenvalue weighted by Gasteiger charge is -2.35. The molecule has 1 amide bonds. The van der Waals surface area contributed by atoms with Crippen molar-refractivity contribution < 1.29 is 9.18 Å². The number of allylic oxidation sites excluding steroid dienone is 4. The molecule has 4 nitrogen and oxygen atoms in total. The summed E-state index contributed by atoms with van der Waals surface area (Å²) >= 11 is 0. The fourth-order valence-electron chi connectivity index (χ4n) is 3.86. The first kappa shape index (κ1) is 19.3. The zero-order valence-electron chi connectivity index (χ0n) is 16.3. The number of benzene rings is 1. The molecule has 0 saturated carbocycles. The molecule has 1 aromatic carbocycles. The van der Waals surface area contributed by atoms with Crippen LogP contribution >= 0.6 is 0 Å². The van der Waals surface area contributed by atoms with E-state index in [2.05, 4.69) is 35.7 Å². The van der Waals surface area contributed by atoms with E-state index in [0.29, 0.717) is 19.4 Å². The van der Waals surface area contributed by atoms with Crippen molar-refractivity contribution in [1.29, 1.82) is 0 Å². The summed E-state index contributed by atoms with van der Waals surface area (Å²) in [6.45, 7) is 6.65. The van der Waals surface area contributed by atoms with Gasteiger partial charge < -0.3 is 4.90 Å². The van der Waals surface area contributed by atoms with Crippen LogP contribution in [0.25, 0.3) is 0 Å². The third-order valence-electron chi connectivity index (χ3n) is 5.28. The number of hydrogen-bond acceptors (Lipinski definition) is 3. The molecule has 2 atom stereocenters. The Bertz CT molecular complexity index is 776. The lowest BCUT2D eigenvalue weighted by atomic mass is 9.87. The van der Waals surface area contributed by atoms with E-state index in [1.165, 1.54) is 6.07 Å². The first-order valence-electron chi connectivity index (χ1n) is 9.73. The summed E-state index contributed by atoms with van der Waals surface area (Å²) in [7, 11) is 0. The van der Waals surface area contributed by atoms with Gasteiger partial charge in [0.15, 0.2) is 0 Å². The van der Waals surface area contributed by atoms with E-state index in [4.69, 9.17) is 0 Å². The van der Waals surface area contributed by atoms with Gasteiger partial charge >= 0.3 is 0 Å². The van der Waals surface area contributed by atoms with Crippen molar-refractivity contribution in [3.63, 3.8) is 0 Å². The number of halogens is 1. The van der Waals surface area contributed by atoms with E-state index in [-0.39, 0.29) is 23.8 Å². The number of hydrogen-bond donors (Lipinski definition) is 1. The molecule has 27 heavy (non-hydrogen) atoms. The highest BCUT2D eigenvalue weighted by Gasteiger charge is 2.34. The predicted molar refractivity (Wildman–Crippen MR) is 107 cm³/mol. The average molecular weight is 369 g/mol. The molecule has 144 valence electrons. The van der Waals surface area contributed by atoms with Crippen molar-refractivity contribution in [1.82, 2.24) is 10.3 Å². The number of nitrogens with zero attached hydrogens (tertiary/aromatic N) is 2. The van der Waals surface area contributed by atoms with Gasteiger partial charge in [0.25, 0.3) is 0 Å². The maximum atomic E-state index is 13.7. The highest BCUT2D eigenvalue weighted by atomic mass is 19.1. The number of piperidine rings is 1. The zero-order chi connectivity index (χ0) is 19.4. The lowest BCUT2D eigenvalue weighted by Crippen LogP contribution is -2.49. The largest absolute Gasteiger partial charge is 0.321 e. The summed E-state index contributed by atoms with van der Waals surface area (Å²) in [5.74, 6) is -0.0360. The van der Waals surface area contributed by atoms with Crippen molar-refractivity contribution in [2.75, 3.05) is 6.54 Å². The van der Waals surface area contributed by atoms with Gasteiger partial charge in [-0.3, -0.25) is 10.2 Å². The highest BCUT2D eigenvalue weighted by Crippen LogP contribution is 2.31. The number of carbonyl (C=O) groups is 1. The van der Waals surface area contributed by atoms with Gasteiger partial charge in [0.05, 0.1) is 5.71 Å². The zero-order valence-corrected chi connectivity index (χ0v) is 16.3. The highest BCUT2D eigenvalue weighted by molar-refractivity contribution is 6.03. The van der Waals surface area contributed by atoms with Crippen molar-refractivity contribution >= 4 is 11.6 Å². The van der Waals surface area contributed by atoms with Gasteiger partial charge in [-0.2, -0.15) is 5.10 Å². The number of rotatable bonds is 5. The van der Waals surface area contributed by atoms with Gasteiger partial charge in [-0.05, 0) is 61.4 Å². The Morgan fingerprint density at radius 3 is 2.85 bits per heavy atom. The van der Waals surface area contributed by atoms with Gasteiger partial charge in [0.1, 0.15) is 12.0 Å². The Balaban J connectivity index is 1.63. The molecule has 1 N–H and O–H groups in total. The Labute approximate surface area is 160 Å². The van der Waals surface area contributed by atoms with E-state index in [1.807, 2.05) is 24.8 Å². The summed E-state index contributed by atoms with van der Waals surface area (Å²) in [4.78, 5) is 14.7. The molecule has 0 aromatic heterocycles. The molecule has 5 heteroatoms. The second kappa shape index (κ2) is 8.51. The summed E-state index contributed by atoms with van der Waals surface area (Å²) in [6, 6.07) is 5.08. The maximum absolute atomic E-state index is 13.7. The minimum absolute atomic E-state index is 0.0866. The van der Waals surface area contributed by atoms with E-state index in [0.717, 1.165) is 35.3 Å². The van der Waals surface area contributed by atoms with Gasteiger partial charge in [-0.1, -0.05) is 31.2 Å². The van der Waals surface area contributed by atoms with Crippen LogP contribution in [0.2, 0.25) is 0 Å². The molecule has 1 fully saturated rings. The molecular weight excluding hydrogens is 341 g/mol. The van der Waals surface area contributed by atoms with Gasteiger partial charge in [-0.15, -0.1) is 0 Å². The summed E-state index contributed by atoms with van der Waals surface area (Å²) < 4.78 is 13.7. The van der Waals surface area contributed by atoms with Crippen LogP contribution in [0, 0.1) is 12.7 Å². The van der Waals surface area contributed by atoms with Gasteiger partial charge in [0, 0.05) is 19.4 Å². The van der Waals surface area contributed by atoms with Crippen molar-refractivity contribution in [2.45, 2.75) is 58.5 Å². The molecule has 1 aromatic rings. The number of hydrazone groups is 1. The standard InChI is InChI=1S/C22H28FN3O/c1-4-6-7-16(5-2)20-14-21(25-24-20)26-9-8-17(13-22(26)27)18-10-15(3)11-19(23)12-18/h5-7,10-12,17,21,25H,4,8-9,13-14H2,1-3H3/b7-6-,16-5+. The van der Waals surface area contributed by atoms with Crippen LogP contribution < -0.4 is 5.43 Å². The van der Waals surface area contributed by atoms with Crippen molar-refractivity contribution in [3.05, 3.63) is 58.9 Å². The first-order chi connectivity index (χ1) is 13.0. The van der Waals surface area contributed by atoms with Crippen LogP contribution in [0.3, 0.4) is 0 Å². The molecule has 0 aliphatic carbocycles. The van der Waals surface area contributed by atoms with Gasteiger partial charge in [-0.25, -0.2) is 4.39 Å². The molecule has 1 saturated heterocycles. The number of likely N-dealkylation sites (tertiary alicyclic amines) is 1. The molecular formula is C22H28FN3O. The third-order valence-corrected chi connectivity index (χ3v) is 5.28. The van der Waals surface area contributed by atoms with Crippen LogP contribution in [0.15, 0.2) is 47.1 Å².